The fourth-order valence-electron chi connectivity index (χ4n) is 2.94. The van der Waals surface area contributed by atoms with E-state index in [4.69, 9.17) is 0 Å². The lowest BCUT2D eigenvalue weighted by Gasteiger charge is -2.32. The Kier molecular flexibility index (Phi) is 7.14. The van der Waals surface area contributed by atoms with Crippen LogP contribution in [0.5, 0.6) is 0 Å². The quantitative estimate of drug-likeness (QED) is 0.546. The normalized spacial score (nSPS) is 13.1. The van der Waals surface area contributed by atoms with Crippen molar-refractivity contribution < 1.29 is 18.1 Å². The zero-order chi connectivity index (χ0) is 20.2. The van der Waals surface area contributed by atoms with E-state index in [0.29, 0.717) is 0 Å². The number of anilines is 1. The number of rotatable bonds is 8. The molecule has 0 bridgehead atoms. The van der Waals surface area contributed by atoms with Crippen molar-refractivity contribution in [3.05, 3.63) is 34.4 Å². The van der Waals surface area contributed by atoms with Crippen LogP contribution in [0.25, 0.3) is 0 Å². The Bertz CT molecular complexity index is 753. The Hall–Kier alpha value is -2.16. The average molecular weight is 385 g/mol. The van der Waals surface area contributed by atoms with E-state index >= 15 is 0 Å². The summed E-state index contributed by atoms with van der Waals surface area (Å²) in [5, 5.41) is 13.9. The summed E-state index contributed by atoms with van der Waals surface area (Å²) in [7, 11) is -3.83. The van der Waals surface area contributed by atoms with E-state index in [1.807, 2.05) is 27.7 Å². The second-order valence-electron chi connectivity index (χ2n) is 7.03. The Labute approximate surface area is 154 Å². The molecular weight excluding hydrogens is 358 g/mol. The van der Waals surface area contributed by atoms with Gasteiger partial charge in [-0.1, -0.05) is 33.8 Å². The number of carbonyl (C=O) groups excluding carboxylic acids is 1. The van der Waals surface area contributed by atoms with Crippen LogP contribution in [0.1, 0.15) is 34.6 Å². The van der Waals surface area contributed by atoms with Crippen LogP contribution in [0.15, 0.2) is 24.3 Å². The van der Waals surface area contributed by atoms with Crippen LogP contribution in [0, 0.1) is 22.0 Å². The van der Waals surface area contributed by atoms with Crippen LogP contribution in [0.2, 0.25) is 0 Å². The molecule has 1 amide bonds. The van der Waals surface area contributed by atoms with Crippen LogP contribution in [0.3, 0.4) is 0 Å². The molecule has 1 rings (SSSR count). The van der Waals surface area contributed by atoms with Gasteiger partial charge in [0.1, 0.15) is 6.04 Å². The van der Waals surface area contributed by atoms with E-state index in [2.05, 4.69) is 5.32 Å². The number of nitrogens with zero attached hydrogens (tertiary/aromatic N) is 2. The molecular formula is C17H27N3O5S. The van der Waals surface area contributed by atoms with Gasteiger partial charge in [0, 0.05) is 18.2 Å². The predicted octanol–water partition coefficient (Wildman–Crippen LogP) is 2.55. The first-order valence-electron chi connectivity index (χ1n) is 8.40. The molecule has 8 nitrogen and oxygen atoms in total. The molecule has 0 radical (unpaired) electrons. The summed E-state index contributed by atoms with van der Waals surface area (Å²) in [4.78, 5) is 23.1. The van der Waals surface area contributed by atoms with E-state index in [1.54, 1.807) is 0 Å². The predicted molar refractivity (Wildman–Crippen MR) is 101 cm³/mol. The highest BCUT2D eigenvalue weighted by molar-refractivity contribution is 7.92. The summed E-state index contributed by atoms with van der Waals surface area (Å²) in [6.07, 6.45) is 0.970. The summed E-state index contributed by atoms with van der Waals surface area (Å²) in [5.41, 5.74) is -0.166. The lowest BCUT2D eigenvalue weighted by molar-refractivity contribution is -0.384. The number of hydrogen-bond acceptors (Lipinski definition) is 5. The van der Waals surface area contributed by atoms with Gasteiger partial charge in [-0.15, -0.1) is 0 Å². The van der Waals surface area contributed by atoms with Crippen molar-refractivity contribution in [3.8, 4) is 0 Å². The first-order chi connectivity index (χ1) is 11.9. The van der Waals surface area contributed by atoms with Gasteiger partial charge >= 0.3 is 0 Å². The molecule has 1 aromatic carbocycles. The average Bonchev–Trinajstić information content (AvgIpc) is 2.50. The fraction of sp³-hybridized carbons (Fsp3) is 0.588. The van der Waals surface area contributed by atoms with Gasteiger partial charge in [0.2, 0.25) is 15.9 Å². The van der Waals surface area contributed by atoms with E-state index in [0.717, 1.165) is 16.6 Å². The first kappa shape index (κ1) is 21.9. The molecule has 0 saturated carbocycles. The Morgan fingerprint density at radius 1 is 1.15 bits per heavy atom. The number of hydrogen-bond donors (Lipinski definition) is 1. The highest BCUT2D eigenvalue weighted by Gasteiger charge is 2.32. The third kappa shape index (κ3) is 5.42. The van der Waals surface area contributed by atoms with E-state index in [1.165, 1.54) is 25.1 Å². The highest BCUT2D eigenvalue weighted by Crippen LogP contribution is 2.25. The molecule has 1 aromatic rings. The first-order valence-corrected chi connectivity index (χ1v) is 10.2. The molecule has 0 aliphatic rings. The van der Waals surface area contributed by atoms with Crippen LogP contribution in [-0.4, -0.2) is 37.6 Å². The maximum Gasteiger partial charge on any atom is 0.271 e. The summed E-state index contributed by atoms with van der Waals surface area (Å²) in [5.74, 6) is -0.0966. The van der Waals surface area contributed by atoms with Crippen molar-refractivity contribution >= 4 is 27.3 Å². The van der Waals surface area contributed by atoms with Gasteiger partial charge in [-0.2, -0.15) is 0 Å². The molecule has 1 atom stereocenters. The molecule has 0 aliphatic carbocycles. The SMILES string of the molecule is CC(C)C(NC(=O)C(C)N(c1cccc([N+](=O)[O-])c1)S(C)(=O)=O)C(C)C. The minimum absolute atomic E-state index is 0.0787. The van der Waals surface area contributed by atoms with Crippen LogP contribution in [0.4, 0.5) is 11.4 Å². The fourth-order valence-corrected chi connectivity index (χ4v) is 4.11. The molecule has 0 spiro atoms. The van der Waals surface area contributed by atoms with Crippen molar-refractivity contribution in [3.63, 3.8) is 0 Å². The molecule has 0 aliphatic heterocycles. The molecule has 26 heavy (non-hydrogen) atoms. The molecule has 0 heterocycles. The maximum atomic E-state index is 12.7. The lowest BCUT2D eigenvalue weighted by atomic mass is 9.93. The highest BCUT2D eigenvalue weighted by atomic mass is 32.2. The Morgan fingerprint density at radius 3 is 2.12 bits per heavy atom. The minimum atomic E-state index is -3.83. The number of carbonyl (C=O) groups is 1. The number of nitro groups is 1. The largest absolute Gasteiger partial charge is 0.351 e. The summed E-state index contributed by atoms with van der Waals surface area (Å²) in [6, 6.07) is 4.07. The molecule has 1 N–H and O–H groups in total. The zero-order valence-corrected chi connectivity index (χ0v) is 16.8. The van der Waals surface area contributed by atoms with Gasteiger partial charge in [-0.3, -0.25) is 19.2 Å². The van der Waals surface area contributed by atoms with Crippen LogP contribution in [-0.2, 0) is 14.8 Å². The Morgan fingerprint density at radius 2 is 1.69 bits per heavy atom. The maximum absolute atomic E-state index is 12.7. The monoisotopic (exact) mass is 385 g/mol. The van der Waals surface area contributed by atoms with Gasteiger partial charge in [0.25, 0.3) is 5.69 Å². The van der Waals surface area contributed by atoms with Gasteiger partial charge in [-0.05, 0) is 24.8 Å². The number of nitrogens with one attached hydrogen (secondary N) is 1. The minimum Gasteiger partial charge on any atom is -0.351 e. The second-order valence-corrected chi connectivity index (χ2v) is 8.89. The van der Waals surface area contributed by atoms with E-state index in [9.17, 15) is 23.3 Å². The third-order valence-corrected chi connectivity index (χ3v) is 5.37. The van der Waals surface area contributed by atoms with Gasteiger partial charge < -0.3 is 5.32 Å². The van der Waals surface area contributed by atoms with Crippen molar-refractivity contribution in [2.45, 2.75) is 46.7 Å². The third-order valence-electron chi connectivity index (χ3n) is 4.13. The number of non-ortho nitro benzene ring substituents is 1. The molecule has 0 saturated heterocycles. The lowest BCUT2D eigenvalue weighted by Crippen LogP contribution is -2.52. The number of sulfonamides is 1. The van der Waals surface area contributed by atoms with Crippen LogP contribution >= 0.6 is 0 Å². The smallest absolute Gasteiger partial charge is 0.271 e. The van der Waals surface area contributed by atoms with Crippen molar-refractivity contribution in [2.24, 2.45) is 11.8 Å². The summed E-state index contributed by atoms with van der Waals surface area (Å²) >= 11 is 0. The zero-order valence-electron chi connectivity index (χ0n) is 16.0. The topological polar surface area (TPSA) is 110 Å². The van der Waals surface area contributed by atoms with E-state index < -0.39 is 26.9 Å². The van der Waals surface area contributed by atoms with Crippen molar-refractivity contribution in [2.75, 3.05) is 10.6 Å². The number of amides is 1. The van der Waals surface area contributed by atoms with E-state index in [-0.39, 0.29) is 29.3 Å². The number of benzene rings is 1. The molecule has 146 valence electrons. The second kappa shape index (κ2) is 8.48. The molecule has 0 aromatic heterocycles. The Balaban J connectivity index is 3.24. The van der Waals surface area contributed by atoms with Gasteiger partial charge in [0.15, 0.2) is 0 Å². The van der Waals surface area contributed by atoms with Gasteiger partial charge in [0.05, 0.1) is 16.9 Å². The standard InChI is InChI=1S/C17H27N3O5S/c1-11(2)16(12(3)4)18-17(21)13(5)19(26(6,24)25)14-8-7-9-15(10-14)20(22)23/h7-13,16H,1-6H3,(H,18,21). The van der Waals surface area contributed by atoms with Gasteiger partial charge in [-0.25, -0.2) is 8.42 Å². The number of nitro benzene ring substituents is 1. The van der Waals surface area contributed by atoms with Crippen LogP contribution < -0.4 is 9.62 Å². The summed E-state index contributed by atoms with van der Waals surface area (Å²) < 4.78 is 25.5. The van der Waals surface area contributed by atoms with Crippen molar-refractivity contribution in [1.29, 1.82) is 0 Å². The summed E-state index contributed by atoms with van der Waals surface area (Å²) in [6.45, 7) is 9.37. The molecule has 0 fully saturated rings. The van der Waals surface area contributed by atoms with Crippen molar-refractivity contribution in [1.82, 2.24) is 5.32 Å². The molecule has 9 heteroatoms. The molecule has 1 unspecified atom stereocenters.